The van der Waals surface area contributed by atoms with E-state index in [0.29, 0.717) is 31.3 Å². The SMILES string of the molecule is CN=C(NCCC(=O)Nc1cccc(C)n1)NCc1cccc(OC)c1OC1CCCC1.I. The van der Waals surface area contributed by atoms with Crippen molar-refractivity contribution in [1.82, 2.24) is 15.6 Å². The second kappa shape index (κ2) is 13.9. The van der Waals surface area contributed by atoms with Gasteiger partial charge >= 0.3 is 0 Å². The minimum absolute atomic E-state index is 0. The number of halogens is 1. The van der Waals surface area contributed by atoms with E-state index in [-0.39, 0.29) is 36.0 Å². The molecule has 33 heavy (non-hydrogen) atoms. The molecule has 180 valence electrons. The van der Waals surface area contributed by atoms with Crippen LogP contribution < -0.4 is 25.4 Å². The molecule has 1 aliphatic rings. The average Bonchev–Trinajstić information content (AvgIpc) is 3.30. The predicted molar refractivity (Wildman–Crippen MR) is 142 cm³/mol. The van der Waals surface area contributed by atoms with Gasteiger partial charge in [0.05, 0.1) is 13.2 Å². The summed E-state index contributed by atoms with van der Waals surface area (Å²) < 4.78 is 11.8. The molecule has 0 unspecified atom stereocenters. The first-order chi connectivity index (χ1) is 15.6. The highest BCUT2D eigenvalue weighted by Crippen LogP contribution is 2.34. The Balaban J connectivity index is 0.00000385. The molecule has 2 aromatic rings. The number of anilines is 1. The number of rotatable bonds is 9. The van der Waals surface area contributed by atoms with Crippen molar-refractivity contribution in [2.45, 2.75) is 51.7 Å². The number of aromatic nitrogens is 1. The molecular formula is C24H34IN5O3. The van der Waals surface area contributed by atoms with E-state index in [1.807, 2.05) is 37.3 Å². The second-order valence-corrected chi connectivity index (χ2v) is 7.79. The molecule has 0 atom stereocenters. The van der Waals surface area contributed by atoms with E-state index in [1.165, 1.54) is 12.8 Å². The number of benzene rings is 1. The van der Waals surface area contributed by atoms with Crippen molar-refractivity contribution >= 4 is 41.7 Å². The Kier molecular flexibility index (Phi) is 11.2. The molecule has 1 saturated carbocycles. The third kappa shape index (κ3) is 8.38. The normalized spacial score (nSPS) is 13.7. The van der Waals surface area contributed by atoms with Crippen LogP contribution in [0.1, 0.15) is 43.4 Å². The monoisotopic (exact) mass is 567 g/mol. The van der Waals surface area contributed by atoms with Crippen molar-refractivity contribution < 1.29 is 14.3 Å². The first kappa shape index (κ1) is 26.7. The van der Waals surface area contributed by atoms with Crippen LogP contribution in [0.15, 0.2) is 41.4 Å². The van der Waals surface area contributed by atoms with E-state index in [0.717, 1.165) is 35.6 Å². The largest absolute Gasteiger partial charge is 0.493 e. The first-order valence-electron chi connectivity index (χ1n) is 11.1. The van der Waals surface area contributed by atoms with Crippen LogP contribution in [0.25, 0.3) is 0 Å². The standard InChI is InChI=1S/C24H33N5O3.HI/c1-17-8-6-13-21(28-17)29-22(30)14-15-26-24(25-2)27-16-18-9-7-12-20(31-3)23(18)32-19-10-4-5-11-19;/h6-9,12-13,19H,4-5,10-11,14-16H2,1-3H3,(H2,25,26,27)(H,28,29,30);1H. The zero-order valence-corrected chi connectivity index (χ0v) is 21.8. The number of carbonyl (C=O) groups excluding carboxylic acids is 1. The van der Waals surface area contributed by atoms with Crippen molar-refractivity contribution in [2.75, 3.05) is 26.0 Å². The number of nitrogens with zero attached hydrogens (tertiary/aromatic N) is 2. The van der Waals surface area contributed by atoms with Gasteiger partial charge in [0.1, 0.15) is 5.82 Å². The molecule has 0 aliphatic heterocycles. The molecule has 1 amide bonds. The van der Waals surface area contributed by atoms with Crippen molar-refractivity contribution in [3.8, 4) is 11.5 Å². The van der Waals surface area contributed by atoms with E-state index in [1.54, 1.807) is 20.2 Å². The number of pyridine rings is 1. The summed E-state index contributed by atoms with van der Waals surface area (Å²) in [7, 11) is 3.36. The van der Waals surface area contributed by atoms with Gasteiger partial charge in [-0.2, -0.15) is 0 Å². The molecular weight excluding hydrogens is 533 g/mol. The topological polar surface area (TPSA) is 96.9 Å². The van der Waals surface area contributed by atoms with Gasteiger partial charge < -0.3 is 25.4 Å². The molecule has 3 N–H and O–H groups in total. The number of amides is 1. The maximum Gasteiger partial charge on any atom is 0.227 e. The fourth-order valence-electron chi connectivity index (χ4n) is 3.68. The van der Waals surface area contributed by atoms with Gasteiger partial charge in [0.15, 0.2) is 17.5 Å². The van der Waals surface area contributed by atoms with Gasteiger partial charge in [-0.15, -0.1) is 24.0 Å². The lowest BCUT2D eigenvalue weighted by Crippen LogP contribution is -2.38. The second-order valence-electron chi connectivity index (χ2n) is 7.79. The van der Waals surface area contributed by atoms with Gasteiger partial charge in [0.2, 0.25) is 5.91 Å². The zero-order valence-electron chi connectivity index (χ0n) is 19.5. The van der Waals surface area contributed by atoms with E-state index in [2.05, 4.69) is 25.9 Å². The summed E-state index contributed by atoms with van der Waals surface area (Å²) in [6, 6.07) is 11.4. The maximum atomic E-state index is 12.2. The number of ether oxygens (including phenoxy) is 2. The summed E-state index contributed by atoms with van der Waals surface area (Å²) >= 11 is 0. The molecule has 0 saturated heterocycles. The summed E-state index contributed by atoms with van der Waals surface area (Å²) in [5.41, 5.74) is 1.86. The molecule has 1 aromatic carbocycles. The highest BCUT2D eigenvalue weighted by atomic mass is 127. The van der Waals surface area contributed by atoms with Gasteiger partial charge in [-0.05, 0) is 50.8 Å². The lowest BCUT2D eigenvalue weighted by atomic mass is 10.1. The highest BCUT2D eigenvalue weighted by Gasteiger charge is 2.20. The van der Waals surface area contributed by atoms with E-state index < -0.39 is 0 Å². The van der Waals surface area contributed by atoms with E-state index >= 15 is 0 Å². The molecule has 0 spiro atoms. The fraction of sp³-hybridized carbons (Fsp3) is 0.458. The predicted octanol–water partition coefficient (Wildman–Crippen LogP) is 4.03. The first-order valence-corrected chi connectivity index (χ1v) is 11.1. The Morgan fingerprint density at radius 3 is 2.61 bits per heavy atom. The fourth-order valence-corrected chi connectivity index (χ4v) is 3.68. The minimum atomic E-state index is -0.105. The van der Waals surface area contributed by atoms with Crippen molar-refractivity contribution in [1.29, 1.82) is 0 Å². The van der Waals surface area contributed by atoms with Gasteiger partial charge in [-0.3, -0.25) is 9.79 Å². The van der Waals surface area contributed by atoms with E-state index in [4.69, 9.17) is 9.47 Å². The lowest BCUT2D eigenvalue weighted by molar-refractivity contribution is -0.116. The van der Waals surface area contributed by atoms with Crippen LogP contribution in [-0.2, 0) is 11.3 Å². The molecule has 1 aliphatic carbocycles. The van der Waals surface area contributed by atoms with Crippen LogP contribution in [-0.4, -0.2) is 43.7 Å². The Labute approximate surface area is 213 Å². The summed E-state index contributed by atoms with van der Waals surface area (Å²) in [5.74, 6) is 2.59. The van der Waals surface area contributed by atoms with Crippen LogP contribution in [0.5, 0.6) is 11.5 Å². The molecule has 1 fully saturated rings. The van der Waals surface area contributed by atoms with Crippen LogP contribution in [0.3, 0.4) is 0 Å². The summed E-state index contributed by atoms with van der Waals surface area (Å²) in [5, 5.41) is 9.27. The number of para-hydroxylation sites is 1. The van der Waals surface area contributed by atoms with Gasteiger partial charge in [0.25, 0.3) is 0 Å². The third-order valence-electron chi connectivity index (χ3n) is 5.34. The van der Waals surface area contributed by atoms with Crippen molar-refractivity contribution in [2.24, 2.45) is 4.99 Å². The summed E-state index contributed by atoms with van der Waals surface area (Å²) in [6.45, 7) is 2.86. The van der Waals surface area contributed by atoms with Crippen molar-refractivity contribution in [3.63, 3.8) is 0 Å². The zero-order chi connectivity index (χ0) is 22.8. The molecule has 9 heteroatoms. The van der Waals surface area contributed by atoms with Crippen LogP contribution in [0, 0.1) is 6.92 Å². The maximum absolute atomic E-state index is 12.2. The van der Waals surface area contributed by atoms with Gasteiger partial charge in [-0.25, -0.2) is 4.98 Å². The van der Waals surface area contributed by atoms with Gasteiger partial charge in [0, 0.05) is 37.8 Å². The molecule has 3 rings (SSSR count). The summed E-state index contributed by atoms with van der Waals surface area (Å²) in [6.07, 6.45) is 5.10. The average molecular weight is 567 g/mol. The Morgan fingerprint density at radius 1 is 1.15 bits per heavy atom. The number of guanidine groups is 1. The van der Waals surface area contributed by atoms with Crippen LogP contribution >= 0.6 is 24.0 Å². The lowest BCUT2D eigenvalue weighted by Gasteiger charge is -2.20. The number of hydrogen-bond donors (Lipinski definition) is 3. The number of nitrogens with one attached hydrogen (secondary N) is 3. The third-order valence-corrected chi connectivity index (χ3v) is 5.34. The Morgan fingerprint density at radius 2 is 1.91 bits per heavy atom. The van der Waals surface area contributed by atoms with Crippen molar-refractivity contribution in [3.05, 3.63) is 47.7 Å². The number of carbonyl (C=O) groups is 1. The highest BCUT2D eigenvalue weighted by molar-refractivity contribution is 14.0. The van der Waals surface area contributed by atoms with Crippen LogP contribution in [0.4, 0.5) is 5.82 Å². The molecule has 0 radical (unpaired) electrons. The Hall–Kier alpha value is -2.56. The molecule has 1 heterocycles. The van der Waals surface area contributed by atoms with Crippen LogP contribution in [0.2, 0.25) is 0 Å². The van der Waals surface area contributed by atoms with E-state index in [9.17, 15) is 4.79 Å². The molecule has 0 bridgehead atoms. The number of aryl methyl sites for hydroxylation is 1. The smallest absolute Gasteiger partial charge is 0.227 e. The quantitative estimate of drug-likeness (QED) is 0.241. The summed E-state index contributed by atoms with van der Waals surface area (Å²) in [4.78, 5) is 20.7. The molecule has 8 nitrogen and oxygen atoms in total. The number of methoxy groups -OCH3 is 1. The van der Waals surface area contributed by atoms with Gasteiger partial charge in [-0.1, -0.05) is 18.2 Å². The number of hydrogen-bond acceptors (Lipinski definition) is 5. The number of aliphatic imine (C=N–C) groups is 1. The molecule has 1 aromatic heterocycles. The Bertz CT molecular complexity index is 932. The minimum Gasteiger partial charge on any atom is -0.493 e.